The number of benzene rings is 2. The van der Waals surface area contributed by atoms with Gasteiger partial charge in [-0.2, -0.15) is 0 Å². The summed E-state index contributed by atoms with van der Waals surface area (Å²) in [5.41, 5.74) is 14.7. The third kappa shape index (κ3) is 11.2. The predicted octanol–water partition coefficient (Wildman–Crippen LogP) is 7.80. The molecule has 5 atom stereocenters. The number of rotatable bonds is 19. The van der Waals surface area contributed by atoms with Crippen LogP contribution in [0.15, 0.2) is 113 Å². The minimum atomic E-state index is -0.875. The number of aliphatic hydroxyl groups is 1. The summed E-state index contributed by atoms with van der Waals surface area (Å²) in [7, 11) is 0. The summed E-state index contributed by atoms with van der Waals surface area (Å²) < 4.78 is 24.0. The van der Waals surface area contributed by atoms with Crippen molar-refractivity contribution in [3.8, 4) is 45.0 Å². The minimum absolute atomic E-state index is 0.0133. The van der Waals surface area contributed by atoms with Crippen molar-refractivity contribution >= 4 is 46.4 Å². The van der Waals surface area contributed by atoms with Crippen LogP contribution in [0.1, 0.15) is 74.6 Å². The van der Waals surface area contributed by atoms with Crippen LogP contribution >= 0.6 is 11.3 Å². The molecule has 4 fully saturated rings. The molecule has 8 heterocycles. The number of nitrogens with two attached hydrogens (primary N) is 1. The summed E-state index contributed by atoms with van der Waals surface area (Å²) in [6.07, 6.45) is 9.93. The molecule has 2 bridgehead atoms. The number of amides is 2. The van der Waals surface area contributed by atoms with Gasteiger partial charge in [-0.1, -0.05) is 50.2 Å². The molecule has 2 amide bonds. The van der Waals surface area contributed by atoms with Crippen LogP contribution in [-0.4, -0.2) is 120 Å². The average Bonchev–Trinajstić information content (AvgIpc) is 4.32. The number of carbonyl (C=O) groups is 2. The molecule has 3 saturated heterocycles. The fourth-order valence-corrected chi connectivity index (χ4v) is 11.7. The smallest absolute Gasteiger partial charge is 0.254 e. The molecule has 398 valence electrons. The highest BCUT2D eigenvalue weighted by Crippen LogP contribution is 2.41. The van der Waals surface area contributed by atoms with Crippen molar-refractivity contribution < 1.29 is 38.5 Å². The Labute approximate surface area is 449 Å². The van der Waals surface area contributed by atoms with Crippen LogP contribution in [0.2, 0.25) is 0 Å². The van der Waals surface area contributed by atoms with E-state index in [0.717, 1.165) is 67.0 Å². The van der Waals surface area contributed by atoms with Gasteiger partial charge in [0.05, 0.1) is 45.5 Å². The number of phenols is 1. The second-order valence-corrected chi connectivity index (χ2v) is 21.4. The highest BCUT2D eigenvalue weighted by Gasteiger charge is 2.44. The first-order valence-electron chi connectivity index (χ1n) is 26.1. The van der Waals surface area contributed by atoms with Crippen LogP contribution in [-0.2, 0) is 16.1 Å². The number of nitrogens with one attached hydrogen (secondary N) is 1. The summed E-state index contributed by atoms with van der Waals surface area (Å²) in [6.45, 7) is 8.11. The van der Waals surface area contributed by atoms with Crippen LogP contribution in [0.25, 0.3) is 27.8 Å². The molecular formula is C57H61N11O8S. The molecular weight excluding hydrogens is 999 g/mol. The van der Waals surface area contributed by atoms with E-state index in [0.29, 0.717) is 46.7 Å². The number of para-hydroxylation sites is 1. The molecule has 11 rings (SSSR count). The largest absolute Gasteiger partial charge is 0.507 e. The maximum absolute atomic E-state index is 13.5. The first-order chi connectivity index (χ1) is 37.4. The zero-order chi connectivity index (χ0) is 53.2. The van der Waals surface area contributed by atoms with Crippen molar-refractivity contribution in [2.45, 2.75) is 102 Å². The summed E-state index contributed by atoms with van der Waals surface area (Å²) in [4.78, 5) is 46.5. The zero-order valence-electron chi connectivity index (χ0n) is 43.0. The number of likely N-dealkylation sites (tertiary alicyclic amines) is 1. The number of primary amides is 1. The van der Waals surface area contributed by atoms with Gasteiger partial charge in [-0.05, 0) is 90.5 Å². The minimum Gasteiger partial charge on any atom is -0.507 e. The van der Waals surface area contributed by atoms with Gasteiger partial charge in [-0.3, -0.25) is 14.6 Å². The molecule has 1 saturated carbocycles. The molecule has 77 heavy (non-hydrogen) atoms. The third-order valence-electron chi connectivity index (χ3n) is 14.9. The van der Waals surface area contributed by atoms with E-state index in [9.17, 15) is 19.8 Å². The highest BCUT2D eigenvalue weighted by molar-refractivity contribution is 7.13. The predicted molar refractivity (Wildman–Crippen MR) is 291 cm³/mol. The monoisotopic (exact) mass is 1060 g/mol. The number of thiazole rings is 1. The second-order valence-electron chi connectivity index (χ2n) is 20.5. The van der Waals surface area contributed by atoms with Gasteiger partial charge in [-0.15, -0.1) is 21.5 Å². The van der Waals surface area contributed by atoms with Crippen molar-refractivity contribution in [1.82, 2.24) is 35.2 Å². The number of nitrogens with zero attached hydrogens (tertiary/aromatic N) is 9. The zero-order valence-corrected chi connectivity index (χ0v) is 43.8. The van der Waals surface area contributed by atoms with E-state index in [1.807, 2.05) is 62.8 Å². The Bertz CT molecular complexity index is 3220. The van der Waals surface area contributed by atoms with Gasteiger partial charge in [0.1, 0.15) is 42.3 Å². The van der Waals surface area contributed by atoms with Gasteiger partial charge in [-0.25, -0.2) is 9.97 Å². The number of hydrogen-bond acceptors (Lipinski definition) is 18. The van der Waals surface area contributed by atoms with E-state index in [-0.39, 0.29) is 67.3 Å². The Morgan fingerprint density at radius 1 is 0.909 bits per heavy atom. The summed E-state index contributed by atoms with van der Waals surface area (Å²) in [6, 6.07) is 26.9. The van der Waals surface area contributed by atoms with Gasteiger partial charge < -0.3 is 54.7 Å². The standard InChI is InChI=1S/C57H61N11O8S/c1-33(2)53(57(72)67-31-41(69)22-47(67)55(58)71)50-26-52(65-76-50)73-20-6-7-37-14-17-42(28-60-37)74-43-23-44(24-43)75-51-21-38(18-19-59-51)68-39-15-16-40(68)30-66(29-39)48-25-46(45-8-4-5-9-49(45)70)63-64-56(48)61-27-35-10-12-36(13-11-35)54-34(3)62-32-77-54/h4-14,17-19,21,25-26,28,32-33,39-41,43-44,47,53,69-70H,15-16,20,22-24,27,29-31H2,1-3H3,(H2,58,71)(H,61,64)/b7-6+/t39-,40-,41?,43?,44?,47?,53?/m1/s1. The third-order valence-corrected chi connectivity index (χ3v) is 15.8. The molecule has 0 radical (unpaired) electrons. The highest BCUT2D eigenvalue weighted by atomic mass is 32.1. The summed E-state index contributed by atoms with van der Waals surface area (Å²) in [5, 5.41) is 37.8. The number of aryl methyl sites for hydroxylation is 1. The van der Waals surface area contributed by atoms with Crippen molar-refractivity contribution in [2.24, 2.45) is 11.7 Å². The summed E-state index contributed by atoms with van der Waals surface area (Å²) >= 11 is 1.65. The average molecular weight is 1060 g/mol. The topological polar surface area (TPSA) is 241 Å². The van der Waals surface area contributed by atoms with Gasteiger partial charge in [0.15, 0.2) is 11.6 Å². The van der Waals surface area contributed by atoms with Gasteiger partial charge >= 0.3 is 0 Å². The molecule has 7 aromatic rings. The first-order valence-corrected chi connectivity index (χ1v) is 27.0. The number of pyridine rings is 2. The first kappa shape index (κ1) is 51.0. The number of β-amino-alcohol motifs (C(OH)–C–C–N with tert-alkyl or cyclic N) is 1. The van der Waals surface area contributed by atoms with Crippen molar-refractivity contribution in [3.63, 3.8) is 0 Å². The number of aromatic hydroxyl groups is 1. The second kappa shape index (κ2) is 22.2. The number of ether oxygens (including phenoxy) is 3. The normalized spacial score (nSPS) is 21.3. The van der Waals surface area contributed by atoms with E-state index in [4.69, 9.17) is 29.6 Å². The quantitative estimate of drug-likeness (QED) is 0.0604. The Morgan fingerprint density at radius 3 is 2.43 bits per heavy atom. The maximum Gasteiger partial charge on any atom is 0.254 e. The van der Waals surface area contributed by atoms with Crippen LogP contribution < -0.4 is 35.1 Å². The molecule has 19 nitrogen and oxygen atoms in total. The maximum atomic E-state index is 13.5. The number of piperazine rings is 1. The van der Waals surface area contributed by atoms with Crippen molar-refractivity contribution in [1.29, 1.82) is 0 Å². The van der Waals surface area contributed by atoms with Crippen LogP contribution in [0.3, 0.4) is 0 Å². The van der Waals surface area contributed by atoms with Crippen LogP contribution in [0.4, 0.5) is 17.2 Å². The van der Waals surface area contributed by atoms with Gasteiger partial charge in [0, 0.05) is 87.1 Å². The number of anilines is 3. The van der Waals surface area contributed by atoms with Gasteiger partial charge in [0.2, 0.25) is 17.7 Å². The SMILES string of the molecule is Cc1ncsc1-c1ccc(CNc2nnc(-c3ccccc3O)cc2N2C[C@H]3CC[C@H](C2)N3c2ccnc(OC3CC(Oc4ccc(/C=C/COc5cc(C(C(=O)N6CC(O)CC6C(N)=O)C(C)C)on5)nc4)C3)c2)cc1. The van der Waals surface area contributed by atoms with E-state index in [1.165, 1.54) is 9.78 Å². The number of aromatic nitrogens is 6. The number of carbonyl (C=O) groups excluding carboxylic acids is 2. The van der Waals surface area contributed by atoms with E-state index in [2.05, 4.69) is 82.8 Å². The molecule has 0 spiro atoms. The summed E-state index contributed by atoms with van der Waals surface area (Å²) in [5.74, 6) is 0.703. The molecule has 20 heteroatoms. The number of phenolic OH excluding ortho intramolecular Hbond substituents is 1. The number of fused-ring (bicyclic) bond motifs is 2. The Kier molecular flexibility index (Phi) is 14.7. The molecule has 2 aromatic carbocycles. The van der Waals surface area contributed by atoms with E-state index >= 15 is 0 Å². The fourth-order valence-electron chi connectivity index (χ4n) is 10.9. The lowest BCUT2D eigenvalue weighted by molar-refractivity contribution is -0.139. The van der Waals surface area contributed by atoms with E-state index in [1.54, 1.807) is 41.8 Å². The van der Waals surface area contributed by atoms with Gasteiger partial charge in [0.25, 0.3) is 5.88 Å². The Morgan fingerprint density at radius 2 is 1.70 bits per heavy atom. The number of aliphatic hydroxyl groups excluding tert-OH is 1. The van der Waals surface area contributed by atoms with Crippen LogP contribution in [0.5, 0.6) is 23.3 Å². The Hall–Kier alpha value is -8.10. The lowest BCUT2D eigenvalue weighted by Crippen LogP contribution is -2.54. The molecule has 3 unspecified atom stereocenters. The molecule has 3 aliphatic heterocycles. The molecule has 5 aromatic heterocycles. The molecule has 4 aliphatic rings. The number of hydrogen-bond donors (Lipinski definition) is 4. The van der Waals surface area contributed by atoms with Crippen molar-refractivity contribution in [3.05, 3.63) is 132 Å². The van der Waals surface area contributed by atoms with Crippen LogP contribution in [0, 0.1) is 12.8 Å². The molecule has 5 N–H and O–H groups in total. The fraction of sp³-hybridized carbons (Fsp3) is 0.368. The lowest BCUT2D eigenvalue weighted by atomic mass is 9.91. The van der Waals surface area contributed by atoms with Crippen molar-refractivity contribution in [2.75, 3.05) is 41.4 Å². The Balaban J connectivity index is 0.662. The van der Waals surface area contributed by atoms with E-state index < -0.39 is 24.0 Å². The lowest BCUT2D eigenvalue weighted by Gasteiger charge is -2.44. The molecule has 1 aliphatic carbocycles.